The molecule has 4 nitrogen and oxygen atoms in total. The standard InChI is InChI=1S/C14H14F3N3O/c15-14(16,17)11-4-1-3-10(7-11)13(21)9-18-8-12-5-2-6-19-20-12/h1-7,13,18,21H,8-9H2. The Morgan fingerprint density at radius 1 is 1.19 bits per heavy atom. The molecular weight excluding hydrogens is 283 g/mol. The van der Waals surface area contributed by atoms with Gasteiger partial charge in [0.05, 0.1) is 17.4 Å². The van der Waals surface area contributed by atoms with E-state index < -0.39 is 17.8 Å². The first kappa shape index (κ1) is 15.4. The van der Waals surface area contributed by atoms with E-state index in [9.17, 15) is 18.3 Å². The molecule has 0 aliphatic carbocycles. The van der Waals surface area contributed by atoms with Crippen LogP contribution < -0.4 is 5.32 Å². The third kappa shape index (κ3) is 4.51. The molecule has 1 heterocycles. The van der Waals surface area contributed by atoms with Crippen molar-refractivity contribution in [1.29, 1.82) is 0 Å². The number of aliphatic hydroxyl groups excluding tert-OH is 1. The highest BCUT2D eigenvalue weighted by Gasteiger charge is 2.30. The van der Waals surface area contributed by atoms with Crippen molar-refractivity contribution < 1.29 is 18.3 Å². The first-order valence-corrected chi connectivity index (χ1v) is 6.29. The quantitative estimate of drug-likeness (QED) is 0.889. The Balaban J connectivity index is 1.93. The van der Waals surface area contributed by atoms with Gasteiger partial charge in [-0.1, -0.05) is 12.1 Å². The van der Waals surface area contributed by atoms with Crippen LogP contribution >= 0.6 is 0 Å². The van der Waals surface area contributed by atoms with Crippen molar-refractivity contribution in [3.63, 3.8) is 0 Å². The van der Waals surface area contributed by atoms with Gasteiger partial charge in [0.25, 0.3) is 0 Å². The molecule has 0 aliphatic heterocycles. The summed E-state index contributed by atoms with van der Waals surface area (Å²) in [7, 11) is 0. The molecule has 21 heavy (non-hydrogen) atoms. The van der Waals surface area contributed by atoms with Gasteiger partial charge >= 0.3 is 6.18 Å². The number of aromatic nitrogens is 2. The Hall–Kier alpha value is -1.99. The van der Waals surface area contributed by atoms with Gasteiger partial charge in [0.2, 0.25) is 0 Å². The van der Waals surface area contributed by atoms with Crippen LogP contribution in [0.3, 0.4) is 0 Å². The molecule has 0 fully saturated rings. The summed E-state index contributed by atoms with van der Waals surface area (Å²) in [6.07, 6.45) is -3.90. The van der Waals surface area contributed by atoms with Gasteiger partial charge < -0.3 is 10.4 Å². The predicted octanol–water partition coefficient (Wildman–Crippen LogP) is 2.32. The molecule has 0 bridgehead atoms. The van der Waals surface area contributed by atoms with Crippen molar-refractivity contribution in [2.45, 2.75) is 18.8 Å². The van der Waals surface area contributed by atoms with Crippen molar-refractivity contribution in [3.8, 4) is 0 Å². The molecule has 0 saturated heterocycles. The van der Waals surface area contributed by atoms with Gasteiger partial charge in [-0.05, 0) is 29.8 Å². The van der Waals surface area contributed by atoms with Gasteiger partial charge in [-0.25, -0.2) is 0 Å². The third-order valence-electron chi connectivity index (χ3n) is 2.87. The summed E-state index contributed by atoms with van der Waals surface area (Å²) in [5, 5.41) is 20.4. The Labute approximate surface area is 119 Å². The fourth-order valence-corrected chi connectivity index (χ4v) is 1.80. The number of alkyl halides is 3. The Bertz CT molecular complexity index is 575. The van der Waals surface area contributed by atoms with Gasteiger partial charge in [-0.3, -0.25) is 0 Å². The van der Waals surface area contributed by atoms with Crippen LogP contribution in [-0.4, -0.2) is 21.8 Å². The van der Waals surface area contributed by atoms with Crippen LogP contribution in [0.4, 0.5) is 13.2 Å². The molecule has 0 spiro atoms. The zero-order chi connectivity index (χ0) is 15.3. The molecule has 2 rings (SSSR count). The molecule has 0 radical (unpaired) electrons. The second-order valence-electron chi connectivity index (χ2n) is 4.48. The average Bonchev–Trinajstić information content (AvgIpc) is 2.47. The van der Waals surface area contributed by atoms with Crippen LogP contribution in [0, 0.1) is 0 Å². The van der Waals surface area contributed by atoms with E-state index in [0.29, 0.717) is 12.2 Å². The summed E-state index contributed by atoms with van der Waals surface area (Å²) in [5.41, 5.74) is 0.137. The minimum absolute atomic E-state index is 0.123. The summed E-state index contributed by atoms with van der Waals surface area (Å²) in [6.45, 7) is 0.502. The smallest absolute Gasteiger partial charge is 0.387 e. The average molecular weight is 297 g/mol. The number of aliphatic hydroxyl groups is 1. The first-order chi connectivity index (χ1) is 9.97. The molecule has 2 aromatic rings. The van der Waals surface area contributed by atoms with Crippen LogP contribution in [0.2, 0.25) is 0 Å². The molecule has 1 aromatic carbocycles. The van der Waals surface area contributed by atoms with Crippen molar-refractivity contribution in [2.75, 3.05) is 6.54 Å². The van der Waals surface area contributed by atoms with Gasteiger partial charge in [0, 0.05) is 19.3 Å². The summed E-state index contributed by atoms with van der Waals surface area (Å²) in [4.78, 5) is 0. The second kappa shape index (κ2) is 6.64. The monoisotopic (exact) mass is 297 g/mol. The number of benzene rings is 1. The lowest BCUT2D eigenvalue weighted by Crippen LogP contribution is -2.22. The number of rotatable bonds is 5. The maximum Gasteiger partial charge on any atom is 0.416 e. The number of hydrogen-bond donors (Lipinski definition) is 2. The first-order valence-electron chi connectivity index (χ1n) is 6.29. The van der Waals surface area contributed by atoms with E-state index in [1.807, 2.05) is 0 Å². The fraction of sp³-hybridized carbons (Fsp3) is 0.286. The Morgan fingerprint density at radius 3 is 2.67 bits per heavy atom. The number of halogens is 3. The molecular formula is C14H14F3N3O. The lowest BCUT2D eigenvalue weighted by atomic mass is 10.1. The summed E-state index contributed by atoms with van der Waals surface area (Å²) >= 11 is 0. The maximum atomic E-state index is 12.6. The van der Waals surface area contributed by atoms with Crippen LogP contribution in [0.25, 0.3) is 0 Å². The molecule has 0 amide bonds. The molecule has 7 heteroatoms. The molecule has 2 N–H and O–H groups in total. The van der Waals surface area contributed by atoms with Crippen molar-refractivity contribution in [1.82, 2.24) is 15.5 Å². The van der Waals surface area contributed by atoms with Gasteiger partial charge in [-0.15, -0.1) is 0 Å². The van der Waals surface area contributed by atoms with Gasteiger partial charge in [0.1, 0.15) is 0 Å². The number of nitrogens with one attached hydrogen (secondary N) is 1. The number of nitrogens with zero attached hydrogens (tertiary/aromatic N) is 2. The van der Waals surface area contributed by atoms with Crippen LogP contribution in [0.15, 0.2) is 42.6 Å². The predicted molar refractivity (Wildman–Crippen MR) is 70.1 cm³/mol. The lowest BCUT2D eigenvalue weighted by molar-refractivity contribution is -0.137. The SMILES string of the molecule is OC(CNCc1cccnn1)c1cccc(C(F)(F)F)c1. The Morgan fingerprint density at radius 2 is 2.00 bits per heavy atom. The Kier molecular flexibility index (Phi) is 4.87. The zero-order valence-electron chi connectivity index (χ0n) is 11.0. The van der Waals surface area contributed by atoms with E-state index in [1.165, 1.54) is 12.1 Å². The van der Waals surface area contributed by atoms with E-state index >= 15 is 0 Å². The highest BCUT2D eigenvalue weighted by molar-refractivity contribution is 5.27. The van der Waals surface area contributed by atoms with E-state index in [2.05, 4.69) is 15.5 Å². The normalized spacial score (nSPS) is 13.1. The fourth-order valence-electron chi connectivity index (χ4n) is 1.80. The van der Waals surface area contributed by atoms with Gasteiger partial charge in [-0.2, -0.15) is 23.4 Å². The molecule has 1 unspecified atom stereocenters. The van der Waals surface area contributed by atoms with Crippen LogP contribution in [0.5, 0.6) is 0 Å². The largest absolute Gasteiger partial charge is 0.416 e. The van der Waals surface area contributed by atoms with Crippen molar-refractivity contribution in [2.24, 2.45) is 0 Å². The molecule has 1 atom stereocenters. The molecule has 0 aliphatic rings. The summed E-state index contributed by atoms with van der Waals surface area (Å²) in [6, 6.07) is 8.16. The minimum atomic E-state index is -4.41. The molecule has 1 aromatic heterocycles. The molecule has 112 valence electrons. The molecule has 0 saturated carbocycles. The van der Waals surface area contributed by atoms with E-state index in [0.717, 1.165) is 12.1 Å². The summed E-state index contributed by atoms with van der Waals surface area (Å²) in [5.74, 6) is 0. The van der Waals surface area contributed by atoms with Crippen LogP contribution in [0.1, 0.15) is 22.9 Å². The zero-order valence-corrected chi connectivity index (χ0v) is 11.0. The topological polar surface area (TPSA) is 58.0 Å². The maximum absolute atomic E-state index is 12.6. The minimum Gasteiger partial charge on any atom is -0.387 e. The summed E-state index contributed by atoms with van der Waals surface area (Å²) < 4.78 is 37.8. The lowest BCUT2D eigenvalue weighted by Gasteiger charge is -2.14. The van der Waals surface area contributed by atoms with Crippen molar-refractivity contribution >= 4 is 0 Å². The van der Waals surface area contributed by atoms with Crippen LogP contribution in [-0.2, 0) is 12.7 Å². The highest BCUT2D eigenvalue weighted by atomic mass is 19.4. The number of hydrogen-bond acceptors (Lipinski definition) is 4. The van der Waals surface area contributed by atoms with E-state index in [4.69, 9.17) is 0 Å². The van der Waals surface area contributed by atoms with E-state index in [1.54, 1.807) is 18.3 Å². The highest BCUT2D eigenvalue weighted by Crippen LogP contribution is 2.30. The van der Waals surface area contributed by atoms with Crippen molar-refractivity contribution in [3.05, 3.63) is 59.4 Å². The van der Waals surface area contributed by atoms with E-state index in [-0.39, 0.29) is 12.1 Å². The second-order valence-corrected chi connectivity index (χ2v) is 4.48. The van der Waals surface area contributed by atoms with Gasteiger partial charge in [0.15, 0.2) is 0 Å². The third-order valence-corrected chi connectivity index (χ3v) is 2.87.